The predicted octanol–water partition coefficient (Wildman–Crippen LogP) is 5.10. The van der Waals surface area contributed by atoms with Crippen molar-refractivity contribution < 1.29 is 13.2 Å². The molecule has 0 saturated carbocycles. The fraction of sp³-hybridized carbons (Fsp3) is 0.240. The molecule has 2 N–H and O–H groups in total. The number of nitrogens with one attached hydrogen (secondary N) is 2. The first-order chi connectivity index (χ1) is 15.1. The summed E-state index contributed by atoms with van der Waals surface area (Å²) in [6.45, 7) is 7.24. The van der Waals surface area contributed by atoms with Crippen LogP contribution in [0.4, 0.5) is 5.69 Å². The minimum absolute atomic E-state index is 0.202. The molecule has 0 bridgehead atoms. The van der Waals surface area contributed by atoms with Gasteiger partial charge in [0.2, 0.25) is 15.9 Å². The summed E-state index contributed by atoms with van der Waals surface area (Å²) in [4.78, 5) is 13.4. The van der Waals surface area contributed by atoms with E-state index in [1.165, 1.54) is 0 Å². The van der Waals surface area contributed by atoms with Gasteiger partial charge in [0, 0.05) is 10.7 Å². The van der Waals surface area contributed by atoms with E-state index < -0.39 is 22.0 Å². The number of hydrogen-bond donors (Lipinski definition) is 2. The van der Waals surface area contributed by atoms with Crippen LogP contribution in [0.2, 0.25) is 5.02 Å². The molecular formula is C25H27ClN2O3S. The van der Waals surface area contributed by atoms with Crippen molar-refractivity contribution in [3.63, 3.8) is 0 Å². The molecule has 168 valence electrons. The molecule has 0 aliphatic rings. The van der Waals surface area contributed by atoms with E-state index in [2.05, 4.69) is 10.0 Å². The number of sulfonamides is 1. The van der Waals surface area contributed by atoms with Crippen LogP contribution in [0.15, 0.2) is 65.6 Å². The topological polar surface area (TPSA) is 75.3 Å². The van der Waals surface area contributed by atoms with Crippen LogP contribution in [0.5, 0.6) is 0 Å². The van der Waals surface area contributed by atoms with Gasteiger partial charge in [-0.15, -0.1) is 0 Å². The van der Waals surface area contributed by atoms with E-state index in [0.29, 0.717) is 27.4 Å². The lowest BCUT2D eigenvalue weighted by Crippen LogP contribution is -2.45. The van der Waals surface area contributed by atoms with Crippen molar-refractivity contribution in [2.24, 2.45) is 0 Å². The Labute approximate surface area is 194 Å². The molecule has 0 fully saturated rings. The van der Waals surface area contributed by atoms with Crippen molar-refractivity contribution in [1.82, 2.24) is 4.72 Å². The lowest BCUT2D eigenvalue weighted by Gasteiger charge is -2.21. The number of rotatable bonds is 7. The van der Waals surface area contributed by atoms with E-state index in [-0.39, 0.29) is 11.3 Å². The molecule has 7 heteroatoms. The van der Waals surface area contributed by atoms with Crippen LogP contribution in [0.3, 0.4) is 0 Å². The van der Waals surface area contributed by atoms with E-state index in [1.54, 1.807) is 39.0 Å². The number of carbonyl (C=O) groups is 1. The number of benzene rings is 3. The van der Waals surface area contributed by atoms with Crippen LogP contribution >= 0.6 is 11.6 Å². The van der Waals surface area contributed by atoms with E-state index in [1.807, 2.05) is 49.4 Å². The first-order valence-corrected chi connectivity index (χ1v) is 12.1. The molecule has 0 saturated heterocycles. The molecule has 1 amide bonds. The van der Waals surface area contributed by atoms with E-state index in [4.69, 9.17) is 11.6 Å². The Hall–Kier alpha value is -2.67. The number of hydrogen-bond acceptors (Lipinski definition) is 3. The van der Waals surface area contributed by atoms with Crippen LogP contribution in [-0.4, -0.2) is 20.4 Å². The summed E-state index contributed by atoms with van der Waals surface area (Å²) < 4.78 is 29.3. The summed E-state index contributed by atoms with van der Waals surface area (Å²) >= 11 is 6.18. The molecule has 3 aromatic carbocycles. The van der Waals surface area contributed by atoms with Crippen molar-refractivity contribution >= 4 is 33.2 Å². The maximum atomic E-state index is 13.4. The molecule has 3 aromatic rings. The quantitative estimate of drug-likeness (QED) is 0.504. The normalized spacial score (nSPS) is 12.4. The first kappa shape index (κ1) is 24.0. The van der Waals surface area contributed by atoms with E-state index in [0.717, 1.165) is 11.1 Å². The van der Waals surface area contributed by atoms with Crippen LogP contribution in [-0.2, 0) is 21.2 Å². The Balaban J connectivity index is 1.96. The molecule has 0 aliphatic carbocycles. The summed E-state index contributed by atoms with van der Waals surface area (Å²) in [5.74, 6) is -0.454. The van der Waals surface area contributed by atoms with Gasteiger partial charge in [-0.2, -0.15) is 4.72 Å². The van der Waals surface area contributed by atoms with Gasteiger partial charge in [0.15, 0.2) is 0 Å². The average molecular weight is 471 g/mol. The second-order valence-electron chi connectivity index (χ2n) is 7.99. The lowest BCUT2D eigenvalue weighted by molar-refractivity contribution is -0.117. The number of carbonyl (C=O) groups excluding carboxylic acids is 1. The second kappa shape index (κ2) is 9.86. The van der Waals surface area contributed by atoms with Gasteiger partial charge in [-0.3, -0.25) is 4.79 Å². The van der Waals surface area contributed by atoms with Crippen molar-refractivity contribution in [1.29, 1.82) is 0 Å². The van der Waals surface area contributed by atoms with Crippen LogP contribution < -0.4 is 10.0 Å². The lowest BCUT2D eigenvalue weighted by atomic mass is 10.1. The van der Waals surface area contributed by atoms with Crippen molar-refractivity contribution in [2.75, 3.05) is 5.32 Å². The minimum Gasteiger partial charge on any atom is -0.324 e. The molecule has 32 heavy (non-hydrogen) atoms. The summed E-state index contributed by atoms with van der Waals surface area (Å²) in [7, 11) is -3.95. The standard InChI is InChI=1S/C25H27ClN2O3S/c1-16-13-17(2)24(18(3)14-16)32(30,31)28-23(15-20-9-6-5-7-10-20)25(29)27-22-12-8-11-21(26)19(22)4/h5-14,23,28H,15H2,1-4H3,(H,27,29). The summed E-state index contributed by atoms with van der Waals surface area (Å²) in [6, 6.07) is 17.2. The summed E-state index contributed by atoms with van der Waals surface area (Å²) in [5, 5.41) is 3.36. The molecule has 0 aromatic heterocycles. The van der Waals surface area contributed by atoms with Crippen molar-refractivity contribution in [3.8, 4) is 0 Å². The predicted molar refractivity (Wildman–Crippen MR) is 130 cm³/mol. The maximum Gasteiger partial charge on any atom is 0.242 e. The van der Waals surface area contributed by atoms with Crippen LogP contribution in [0.25, 0.3) is 0 Å². The Bertz CT molecular complexity index is 1220. The highest BCUT2D eigenvalue weighted by Gasteiger charge is 2.28. The number of anilines is 1. The molecule has 1 unspecified atom stereocenters. The van der Waals surface area contributed by atoms with Gasteiger partial charge in [0.05, 0.1) is 4.90 Å². The van der Waals surface area contributed by atoms with E-state index >= 15 is 0 Å². The van der Waals surface area contributed by atoms with Crippen LogP contribution in [0.1, 0.15) is 27.8 Å². The second-order valence-corrected chi connectivity index (χ2v) is 10.1. The summed E-state index contributed by atoms with van der Waals surface area (Å²) in [5.41, 5.74) is 4.36. The molecule has 5 nitrogen and oxygen atoms in total. The Morgan fingerprint density at radius 2 is 1.56 bits per heavy atom. The Morgan fingerprint density at radius 3 is 2.19 bits per heavy atom. The van der Waals surface area contributed by atoms with Crippen molar-refractivity contribution in [2.45, 2.75) is 45.1 Å². The monoisotopic (exact) mass is 470 g/mol. The molecule has 1 atom stereocenters. The fourth-order valence-corrected chi connectivity index (χ4v) is 5.66. The first-order valence-electron chi connectivity index (χ1n) is 10.3. The number of amides is 1. The fourth-order valence-electron chi connectivity index (χ4n) is 3.84. The minimum atomic E-state index is -3.95. The zero-order valence-electron chi connectivity index (χ0n) is 18.6. The Morgan fingerprint density at radius 1 is 0.938 bits per heavy atom. The zero-order valence-corrected chi connectivity index (χ0v) is 20.1. The zero-order chi connectivity index (χ0) is 23.5. The summed E-state index contributed by atoms with van der Waals surface area (Å²) in [6.07, 6.45) is 0.204. The molecule has 0 heterocycles. The Kier molecular flexibility index (Phi) is 7.39. The molecule has 3 rings (SSSR count). The third-order valence-corrected chi connectivity index (χ3v) is 7.48. The third-order valence-electron chi connectivity index (χ3n) is 5.30. The molecule has 0 aliphatic heterocycles. The highest BCUT2D eigenvalue weighted by atomic mass is 35.5. The van der Waals surface area contributed by atoms with Gasteiger partial charge in [0.1, 0.15) is 6.04 Å². The highest BCUT2D eigenvalue weighted by Crippen LogP contribution is 2.25. The molecule has 0 spiro atoms. The third kappa shape index (κ3) is 5.57. The van der Waals surface area contributed by atoms with Gasteiger partial charge in [-0.05, 0) is 68.5 Å². The number of halogens is 1. The highest BCUT2D eigenvalue weighted by molar-refractivity contribution is 7.89. The van der Waals surface area contributed by atoms with Gasteiger partial charge in [-0.1, -0.05) is 65.7 Å². The SMILES string of the molecule is Cc1cc(C)c(S(=O)(=O)NC(Cc2ccccc2)C(=O)Nc2cccc(Cl)c2C)c(C)c1. The largest absolute Gasteiger partial charge is 0.324 e. The average Bonchev–Trinajstić information content (AvgIpc) is 2.70. The smallest absolute Gasteiger partial charge is 0.242 e. The molecule has 0 radical (unpaired) electrons. The van der Waals surface area contributed by atoms with E-state index in [9.17, 15) is 13.2 Å². The van der Waals surface area contributed by atoms with Gasteiger partial charge < -0.3 is 5.32 Å². The molecular weight excluding hydrogens is 444 g/mol. The maximum absolute atomic E-state index is 13.4. The van der Waals surface area contributed by atoms with Gasteiger partial charge in [0.25, 0.3) is 0 Å². The van der Waals surface area contributed by atoms with Gasteiger partial charge in [-0.25, -0.2) is 8.42 Å². The number of aryl methyl sites for hydroxylation is 3. The van der Waals surface area contributed by atoms with Crippen molar-refractivity contribution in [3.05, 3.63) is 93.5 Å². The van der Waals surface area contributed by atoms with Gasteiger partial charge >= 0.3 is 0 Å². The van der Waals surface area contributed by atoms with Crippen LogP contribution in [0, 0.1) is 27.7 Å².